The molecule has 0 spiro atoms. The number of carbonyl (C=O) groups excluding carboxylic acids is 1. The summed E-state index contributed by atoms with van der Waals surface area (Å²) < 4.78 is 31.7. The second-order valence-corrected chi connectivity index (χ2v) is 11.8. The van der Waals surface area contributed by atoms with Crippen LogP contribution in [0.25, 0.3) is 10.4 Å². The highest BCUT2D eigenvalue weighted by Crippen LogP contribution is 2.42. The van der Waals surface area contributed by atoms with Crippen LogP contribution in [0.2, 0.25) is 0 Å². The number of esters is 1. The number of rotatable bonds is 14. The normalized spacial score (nSPS) is 21.6. The van der Waals surface area contributed by atoms with E-state index in [1.54, 1.807) is 84.9 Å². The maximum absolute atomic E-state index is 14.0. The number of benzene rings is 3. The van der Waals surface area contributed by atoms with Gasteiger partial charge in [-0.1, -0.05) is 88.8 Å². The number of aromatic nitrogens is 2. The summed E-state index contributed by atoms with van der Waals surface area (Å²) in [6.45, 7) is -1.01. The third-order valence-electron chi connectivity index (χ3n) is 7.32. The lowest BCUT2D eigenvalue weighted by Crippen LogP contribution is -2.46. The Hall–Kier alpha value is -5.05. The topological polar surface area (TPSA) is 218 Å². The molecule has 4 aromatic rings. The van der Waals surface area contributed by atoms with E-state index in [9.17, 15) is 34.7 Å². The van der Waals surface area contributed by atoms with E-state index >= 15 is 0 Å². The molecule has 0 aliphatic carbocycles. The molecular formula is C31H31N6O10P. The number of carbonyl (C=O) groups is 1. The van der Waals surface area contributed by atoms with Gasteiger partial charge in [0, 0.05) is 23.6 Å². The van der Waals surface area contributed by atoms with Gasteiger partial charge in [-0.25, -0.2) is 4.79 Å². The van der Waals surface area contributed by atoms with Crippen LogP contribution < -0.4 is 16.1 Å². The molecule has 0 bridgehead atoms. The lowest BCUT2D eigenvalue weighted by atomic mass is 10.1. The van der Waals surface area contributed by atoms with Gasteiger partial charge in [-0.2, -0.15) is 0 Å². The first-order chi connectivity index (χ1) is 23.2. The maximum atomic E-state index is 14.0. The fourth-order valence-electron chi connectivity index (χ4n) is 4.90. The molecule has 1 aliphatic rings. The summed E-state index contributed by atoms with van der Waals surface area (Å²) in [4.78, 5) is 49.1. The van der Waals surface area contributed by atoms with Gasteiger partial charge >= 0.3 is 11.7 Å². The van der Waals surface area contributed by atoms with Crippen molar-refractivity contribution < 1.29 is 38.4 Å². The van der Waals surface area contributed by atoms with E-state index in [1.165, 1.54) is 0 Å². The van der Waals surface area contributed by atoms with E-state index in [-0.39, 0.29) is 18.8 Å². The molecule has 2 unspecified atom stereocenters. The number of nitrogens with zero attached hydrogens (tertiary/aromatic N) is 5. The zero-order valence-electron chi connectivity index (χ0n) is 25.1. The molecular weight excluding hydrogens is 647 g/mol. The highest BCUT2D eigenvalue weighted by atomic mass is 31.1. The van der Waals surface area contributed by atoms with Crippen LogP contribution in [-0.4, -0.2) is 61.1 Å². The first kappa shape index (κ1) is 34.3. The Morgan fingerprint density at radius 3 is 2.27 bits per heavy atom. The molecule has 0 amide bonds. The Bertz CT molecular complexity index is 1870. The molecule has 0 radical (unpaired) electrons. The number of aliphatic hydroxyl groups is 2. The van der Waals surface area contributed by atoms with Crippen molar-refractivity contribution >= 4 is 14.1 Å². The second kappa shape index (κ2) is 15.7. The average Bonchev–Trinajstić information content (AvgIpc) is 3.34. The van der Waals surface area contributed by atoms with Gasteiger partial charge in [0.2, 0.25) is 5.72 Å². The number of hydrogen-bond donors (Lipinski definition) is 3. The number of hydroxylamine groups is 1. The van der Waals surface area contributed by atoms with Crippen molar-refractivity contribution in [2.75, 3.05) is 6.61 Å². The summed E-state index contributed by atoms with van der Waals surface area (Å²) in [6.07, 6.45) is -4.51. The van der Waals surface area contributed by atoms with Crippen molar-refractivity contribution in [1.82, 2.24) is 14.4 Å². The molecule has 17 heteroatoms. The SMILES string of the molecule is [N-]=[N+]=N[C@]1(CO[PH](=O)N(Oc2ccccc2)C(Cc2ccccc2)C(=O)OCc2ccccc2)O[C@@H](n2ccc(=O)[nH]c2=O)[C@H](O)[C@@H]1O. The number of nitrogens with one attached hydrogen (secondary N) is 1. The van der Waals surface area contributed by atoms with Crippen LogP contribution in [0.15, 0.2) is 118 Å². The predicted octanol–water partition coefficient (Wildman–Crippen LogP) is 2.85. The maximum Gasteiger partial charge on any atom is 0.330 e. The Morgan fingerprint density at radius 2 is 1.65 bits per heavy atom. The molecule has 6 atom stereocenters. The number of H-pyrrole nitrogens is 1. The fraction of sp³-hybridized carbons (Fsp3) is 0.258. The van der Waals surface area contributed by atoms with Gasteiger partial charge in [0.25, 0.3) is 13.7 Å². The Labute approximate surface area is 273 Å². The van der Waals surface area contributed by atoms with E-state index in [4.69, 9.17) is 18.8 Å². The van der Waals surface area contributed by atoms with Gasteiger partial charge in [0.05, 0.1) is 6.61 Å². The third kappa shape index (κ3) is 8.08. The van der Waals surface area contributed by atoms with Crippen molar-refractivity contribution in [3.8, 4) is 5.75 Å². The van der Waals surface area contributed by atoms with E-state index in [2.05, 4.69) is 10.0 Å². The largest absolute Gasteiger partial charge is 0.460 e. The summed E-state index contributed by atoms with van der Waals surface area (Å²) >= 11 is 0. The van der Waals surface area contributed by atoms with E-state index in [0.717, 1.165) is 21.7 Å². The number of aliphatic hydroxyl groups excluding tert-OH is 2. The summed E-state index contributed by atoms with van der Waals surface area (Å²) in [6, 6.07) is 25.6. The molecule has 3 N–H and O–H groups in total. The summed E-state index contributed by atoms with van der Waals surface area (Å²) in [5.41, 5.74) is 6.61. The quantitative estimate of drug-likeness (QED) is 0.0440. The van der Waals surface area contributed by atoms with Crippen molar-refractivity contribution in [1.29, 1.82) is 0 Å². The van der Waals surface area contributed by atoms with Gasteiger partial charge in [-0.05, 0) is 28.8 Å². The van der Waals surface area contributed by atoms with Crippen molar-refractivity contribution in [2.45, 2.75) is 43.2 Å². The first-order valence-corrected chi connectivity index (χ1v) is 15.8. The van der Waals surface area contributed by atoms with Gasteiger partial charge in [0.15, 0.2) is 12.3 Å². The summed E-state index contributed by atoms with van der Waals surface area (Å²) in [7, 11) is -3.66. The molecule has 5 rings (SSSR count). The van der Waals surface area contributed by atoms with E-state index in [1.807, 2.05) is 11.1 Å². The van der Waals surface area contributed by atoms with E-state index in [0.29, 0.717) is 11.1 Å². The molecule has 48 heavy (non-hydrogen) atoms. The number of aromatic amines is 1. The van der Waals surface area contributed by atoms with Crippen LogP contribution in [0.1, 0.15) is 17.4 Å². The van der Waals surface area contributed by atoms with Gasteiger partial charge < -0.3 is 29.0 Å². The Morgan fingerprint density at radius 1 is 1.02 bits per heavy atom. The lowest BCUT2D eigenvalue weighted by molar-refractivity contribution is -0.158. The minimum atomic E-state index is -3.66. The standard InChI is InChI=1S/C31H31N6O10P/c32-35-34-31(27(40)26(39)28(46-31)36-17-16-25(38)33-30(36)42)20-45-48(43)37(47-23-14-8-3-9-15-23)24(18-21-10-4-1-5-11-21)29(41)44-19-22-12-6-2-7-13-22/h1-17,24,26-28,39-40,48H,18-20H2,(H,33,38,42)/t24?,26-,27+,28-,31-/m1/s1. The molecule has 2 heterocycles. The minimum absolute atomic E-state index is 0.0302. The Kier molecular flexibility index (Phi) is 11.2. The fourth-order valence-corrected chi connectivity index (χ4v) is 5.99. The van der Waals surface area contributed by atoms with Crippen LogP contribution in [0.4, 0.5) is 0 Å². The molecule has 1 aliphatic heterocycles. The summed E-state index contributed by atoms with van der Waals surface area (Å²) in [5.74, 6) is -0.598. The third-order valence-corrected chi connectivity index (χ3v) is 8.48. The molecule has 0 saturated carbocycles. The van der Waals surface area contributed by atoms with Crippen molar-refractivity contribution in [3.05, 3.63) is 146 Å². The van der Waals surface area contributed by atoms with Crippen LogP contribution in [-0.2, 0) is 36.4 Å². The van der Waals surface area contributed by atoms with Gasteiger partial charge in [0.1, 0.15) is 24.6 Å². The average molecular weight is 679 g/mol. The highest BCUT2D eigenvalue weighted by Gasteiger charge is 2.56. The van der Waals surface area contributed by atoms with Crippen LogP contribution >= 0.6 is 8.18 Å². The van der Waals surface area contributed by atoms with Crippen LogP contribution in [0.5, 0.6) is 5.75 Å². The van der Waals surface area contributed by atoms with Crippen molar-refractivity contribution in [3.63, 3.8) is 0 Å². The molecule has 1 aromatic heterocycles. The van der Waals surface area contributed by atoms with Crippen LogP contribution in [0.3, 0.4) is 0 Å². The Balaban J connectivity index is 1.44. The molecule has 1 fully saturated rings. The van der Waals surface area contributed by atoms with Gasteiger partial charge in [-0.3, -0.25) is 23.7 Å². The zero-order chi connectivity index (χ0) is 34.1. The zero-order valence-corrected chi connectivity index (χ0v) is 26.1. The molecule has 250 valence electrons. The number of azide groups is 1. The highest BCUT2D eigenvalue weighted by molar-refractivity contribution is 7.36. The number of para-hydroxylation sites is 1. The smallest absolute Gasteiger partial charge is 0.330 e. The summed E-state index contributed by atoms with van der Waals surface area (Å²) in [5, 5.41) is 25.2. The predicted molar refractivity (Wildman–Crippen MR) is 169 cm³/mol. The molecule has 1 saturated heterocycles. The van der Waals surface area contributed by atoms with Gasteiger partial charge in [-0.15, -0.1) is 0 Å². The number of ether oxygens (including phenoxy) is 2. The molecule has 3 aromatic carbocycles. The second-order valence-electron chi connectivity index (χ2n) is 10.6. The molecule has 16 nitrogen and oxygen atoms in total. The minimum Gasteiger partial charge on any atom is -0.460 e. The first-order valence-electron chi connectivity index (χ1n) is 14.6. The monoisotopic (exact) mass is 678 g/mol. The lowest BCUT2D eigenvalue weighted by Gasteiger charge is -2.31. The van der Waals surface area contributed by atoms with Crippen LogP contribution in [0, 0.1) is 0 Å². The van der Waals surface area contributed by atoms with E-state index < -0.39 is 62.2 Å². The van der Waals surface area contributed by atoms with Crippen molar-refractivity contribution in [2.24, 2.45) is 5.11 Å². The number of hydrogen-bond acceptors (Lipinski definition) is 11.